The van der Waals surface area contributed by atoms with Crippen molar-refractivity contribution < 1.29 is 14.7 Å². The minimum atomic E-state index is -0.962. The molecule has 122 valence electrons. The van der Waals surface area contributed by atoms with Crippen molar-refractivity contribution in [2.75, 3.05) is 0 Å². The molecule has 0 aliphatic carbocycles. The van der Waals surface area contributed by atoms with Crippen LogP contribution in [0.3, 0.4) is 0 Å². The van der Waals surface area contributed by atoms with Crippen LogP contribution in [0.15, 0.2) is 30.3 Å². The van der Waals surface area contributed by atoms with Gasteiger partial charge in [0.1, 0.15) is 11.9 Å². The van der Waals surface area contributed by atoms with Crippen LogP contribution in [0.25, 0.3) is 0 Å². The number of benzene rings is 1. The molecule has 0 spiro atoms. The summed E-state index contributed by atoms with van der Waals surface area (Å²) in [6.07, 6.45) is 0.275. The van der Waals surface area contributed by atoms with E-state index in [0.29, 0.717) is 12.2 Å². The quantitative estimate of drug-likeness (QED) is 0.779. The number of aromatic nitrogens is 4. The first kappa shape index (κ1) is 16.6. The average Bonchev–Trinajstić information content (AvgIpc) is 2.90. The first-order valence-electron chi connectivity index (χ1n) is 7.28. The van der Waals surface area contributed by atoms with Gasteiger partial charge in [-0.15, -0.1) is 5.10 Å². The van der Waals surface area contributed by atoms with E-state index in [2.05, 4.69) is 20.8 Å². The summed E-state index contributed by atoms with van der Waals surface area (Å²) in [5.74, 6) is -0.749. The molecule has 2 unspecified atom stereocenters. The number of rotatable bonds is 7. The minimum Gasteiger partial charge on any atom is -0.481 e. The Labute approximate surface area is 133 Å². The monoisotopic (exact) mass is 317 g/mol. The Kier molecular flexibility index (Phi) is 5.40. The SMILES string of the molecule is Cc1nnnn1C(Cc1ccccc1)C(=O)NC(C)CC(=O)O. The number of nitrogens with one attached hydrogen (secondary N) is 1. The van der Waals surface area contributed by atoms with Crippen molar-refractivity contribution in [1.82, 2.24) is 25.5 Å². The van der Waals surface area contributed by atoms with Crippen LogP contribution in [-0.2, 0) is 16.0 Å². The fraction of sp³-hybridized carbons (Fsp3) is 0.400. The van der Waals surface area contributed by atoms with Gasteiger partial charge in [-0.25, -0.2) is 4.68 Å². The van der Waals surface area contributed by atoms with Gasteiger partial charge in [0, 0.05) is 12.5 Å². The third-order valence-electron chi connectivity index (χ3n) is 3.40. The van der Waals surface area contributed by atoms with Crippen LogP contribution < -0.4 is 5.32 Å². The summed E-state index contributed by atoms with van der Waals surface area (Å²) >= 11 is 0. The fourth-order valence-corrected chi connectivity index (χ4v) is 2.31. The van der Waals surface area contributed by atoms with Gasteiger partial charge in [0.2, 0.25) is 5.91 Å². The molecule has 1 heterocycles. The highest BCUT2D eigenvalue weighted by molar-refractivity contribution is 5.81. The summed E-state index contributed by atoms with van der Waals surface area (Å²) in [4.78, 5) is 23.3. The van der Waals surface area contributed by atoms with Gasteiger partial charge in [-0.05, 0) is 29.8 Å². The molecule has 0 saturated carbocycles. The van der Waals surface area contributed by atoms with Gasteiger partial charge in [0.25, 0.3) is 0 Å². The second-order valence-corrected chi connectivity index (χ2v) is 5.38. The molecule has 2 rings (SSSR count). The fourth-order valence-electron chi connectivity index (χ4n) is 2.31. The molecule has 0 saturated heterocycles. The van der Waals surface area contributed by atoms with E-state index >= 15 is 0 Å². The zero-order valence-corrected chi connectivity index (χ0v) is 13.0. The van der Waals surface area contributed by atoms with Crippen LogP contribution in [0, 0.1) is 6.92 Å². The molecule has 0 aliphatic rings. The Morgan fingerprint density at radius 1 is 1.30 bits per heavy atom. The number of carbonyl (C=O) groups is 2. The maximum Gasteiger partial charge on any atom is 0.305 e. The van der Waals surface area contributed by atoms with Crippen LogP contribution in [0.4, 0.5) is 0 Å². The standard InChI is InChI=1S/C15H19N5O3/c1-10(8-14(21)22)16-15(23)13(20-11(2)17-18-19-20)9-12-6-4-3-5-7-12/h3-7,10,13H,8-9H2,1-2H3,(H,16,23)(H,21,22). The number of tetrazole rings is 1. The van der Waals surface area contributed by atoms with Gasteiger partial charge in [-0.2, -0.15) is 0 Å². The highest BCUT2D eigenvalue weighted by Gasteiger charge is 2.25. The topological polar surface area (TPSA) is 110 Å². The van der Waals surface area contributed by atoms with E-state index in [4.69, 9.17) is 5.11 Å². The Hall–Kier alpha value is -2.77. The van der Waals surface area contributed by atoms with Crippen LogP contribution in [0.5, 0.6) is 0 Å². The average molecular weight is 317 g/mol. The molecule has 1 amide bonds. The first-order chi connectivity index (χ1) is 11.0. The van der Waals surface area contributed by atoms with Crippen LogP contribution in [0.2, 0.25) is 0 Å². The lowest BCUT2D eigenvalue weighted by Gasteiger charge is -2.20. The zero-order valence-electron chi connectivity index (χ0n) is 13.0. The summed E-state index contributed by atoms with van der Waals surface area (Å²) in [6, 6.07) is 8.41. The lowest BCUT2D eigenvalue weighted by atomic mass is 10.0. The van der Waals surface area contributed by atoms with E-state index in [1.54, 1.807) is 13.8 Å². The maximum atomic E-state index is 12.6. The van der Waals surface area contributed by atoms with Crippen molar-refractivity contribution in [2.45, 2.75) is 38.8 Å². The summed E-state index contributed by atoms with van der Waals surface area (Å²) in [5, 5.41) is 22.8. The van der Waals surface area contributed by atoms with Gasteiger partial charge < -0.3 is 10.4 Å². The van der Waals surface area contributed by atoms with Gasteiger partial charge >= 0.3 is 5.97 Å². The highest BCUT2D eigenvalue weighted by Crippen LogP contribution is 2.15. The minimum absolute atomic E-state index is 0.140. The van der Waals surface area contributed by atoms with Crippen LogP contribution in [-0.4, -0.2) is 43.2 Å². The zero-order chi connectivity index (χ0) is 16.8. The van der Waals surface area contributed by atoms with Gasteiger partial charge in [-0.3, -0.25) is 9.59 Å². The van der Waals surface area contributed by atoms with Crippen molar-refractivity contribution in [3.8, 4) is 0 Å². The van der Waals surface area contributed by atoms with Gasteiger partial charge in [0.05, 0.1) is 6.42 Å². The molecule has 2 atom stereocenters. The molecule has 8 heteroatoms. The molecule has 1 aromatic heterocycles. The van der Waals surface area contributed by atoms with Crippen molar-refractivity contribution in [3.05, 3.63) is 41.7 Å². The Balaban J connectivity index is 2.18. The van der Waals surface area contributed by atoms with E-state index in [1.807, 2.05) is 30.3 Å². The lowest BCUT2D eigenvalue weighted by molar-refractivity contribution is -0.137. The molecule has 23 heavy (non-hydrogen) atoms. The molecular weight excluding hydrogens is 298 g/mol. The first-order valence-corrected chi connectivity index (χ1v) is 7.28. The van der Waals surface area contributed by atoms with E-state index in [9.17, 15) is 9.59 Å². The number of nitrogens with zero attached hydrogens (tertiary/aromatic N) is 4. The van der Waals surface area contributed by atoms with E-state index in [-0.39, 0.29) is 12.3 Å². The number of amides is 1. The van der Waals surface area contributed by atoms with Crippen molar-refractivity contribution >= 4 is 11.9 Å². The highest BCUT2D eigenvalue weighted by atomic mass is 16.4. The molecule has 2 N–H and O–H groups in total. The Bertz CT molecular complexity index is 671. The molecule has 0 radical (unpaired) electrons. The molecular formula is C15H19N5O3. The third-order valence-corrected chi connectivity index (χ3v) is 3.40. The van der Waals surface area contributed by atoms with Crippen molar-refractivity contribution in [2.24, 2.45) is 0 Å². The number of carboxylic acid groups (broad SMARTS) is 1. The third kappa shape index (κ3) is 4.60. The normalized spacial score (nSPS) is 13.3. The summed E-state index contributed by atoms with van der Waals surface area (Å²) < 4.78 is 1.45. The van der Waals surface area contributed by atoms with E-state index < -0.39 is 18.1 Å². The predicted molar refractivity (Wildman–Crippen MR) is 81.6 cm³/mol. The van der Waals surface area contributed by atoms with E-state index in [1.165, 1.54) is 4.68 Å². The molecule has 0 fully saturated rings. The number of carboxylic acids is 1. The Morgan fingerprint density at radius 3 is 2.57 bits per heavy atom. The number of aryl methyl sites for hydroxylation is 1. The smallest absolute Gasteiger partial charge is 0.305 e. The van der Waals surface area contributed by atoms with Crippen LogP contribution in [0.1, 0.15) is 30.8 Å². The number of aliphatic carboxylic acids is 1. The largest absolute Gasteiger partial charge is 0.481 e. The summed E-state index contributed by atoms with van der Waals surface area (Å²) in [5.41, 5.74) is 0.966. The number of carbonyl (C=O) groups excluding carboxylic acids is 1. The molecule has 8 nitrogen and oxygen atoms in total. The number of hydrogen-bond acceptors (Lipinski definition) is 5. The molecule has 2 aromatic rings. The molecule has 0 aliphatic heterocycles. The molecule has 0 bridgehead atoms. The second-order valence-electron chi connectivity index (χ2n) is 5.38. The van der Waals surface area contributed by atoms with Crippen molar-refractivity contribution in [1.29, 1.82) is 0 Å². The Morgan fingerprint density at radius 2 is 2.00 bits per heavy atom. The van der Waals surface area contributed by atoms with Gasteiger partial charge in [-0.1, -0.05) is 30.3 Å². The van der Waals surface area contributed by atoms with Crippen molar-refractivity contribution in [3.63, 3.8) is 0 Å². The summed E-state index contributed by atoms with van der Waals surface area (Å²) in [7, 11) is 0. The predicted octanol–water partition coefficient (Wildman–Crippen LogP) is 0.745. The summed E-state index contributed by atoms with van der Waals surface area (Å²) in [6.45, 7) is 3.37. The second kappa shape index (κ2) is 7.48. The maximum absolute atomic E-state index is 12.6. The molecule has 1 aromatic carbocycles. The lowest BCUT2D eigenvalue weighted by Crippen LogP contribution is -2.40. The van der Waals surface area contributed by atoms with Crippen LogP contribution >= 0.6 is 0 Å². The number of hydrogen-bond donors (Lipinski definition) is 2. The van der Waals surface area contributed by atoms with E-state index in [0.717, 1.165) is 5.56 Å². The van der Waals surface area contributed by atoms with Gasteiger partial charge in [0.15, 0.2) is 0 Å².